The summed E-state index contributed by atoms with van der Waals surface area (Å²) in [7, 11) is 0. The lowest BCUT2D eigenvalue weighted by atomic mass is 9.94. The average molecular weight is 272 g/mol. The van der Waals surface area contributed by atoms with Crippen LogP contribution in [0.1, 0.15) is 24.8 Å². The van der Waals surface area contributed by atoms with Crippen LogP contribution in [0, 0.1) is 12.8 Å². The van der Waals surface area contributed by atoms with E-state index in [2.05, 4.69) is 22.5 Å². The number of aromatic nitrogens is 1. The number of nitrogens with zero attached hydrogens (tertiary/aromatic N) is 1. The minimum Gasteiger partial charge on any atom is -0.302 e. The molecule has 1 aromatic heterocycles. The lowest BCUT2D eigenvalue weighted by Crippen LogP contribution is -2.23. The smallest absolute Gasteiger partial charge is 0.229 e. The fourth-order valence-electron chi connectivity index (χ4n) is 2.38. The number of hydrogen-bond acceptors (Lipinski definition) is 3. The Kier molecular flexibility index (Phi) is 3.34. The number of hydrogen-bond donors (Lipinski definition) is 1. The Morgan fingerprint density at radius 3 is 3.05 bits per heavy atom. The van der Waals surface area contributed by atoms with Crippen LogP contribution in [-0.2, 0) is 4.79 Å². The Balaban J connectivity index is 1.79. The number of para-hydroxylation sites is 1. The van der Waals surface area contributed by atoms with E-state index in [4.69, 9.17) is 0 Å². The van der Waals surface area contributed by atoms with Crippen LogP contribution in [-0.4, -0.2) is 10.9 Å². The molecule has 0 bridgehead atoms. The number of aryl methyl sites for hydroxylation is 1. The summed E-state index contributed by atoms with van der Waals surface area (Å²) in [5.74, 6) is 0.194. The highest BCUT2D eigenvalue weighted by atomic mass is 32.1. The molecule has 0 aliphatic heterocycles. The number of fused-ring (bicyclic) bond motifs is 1. The van der Waals surface area contributed by atoms with Gasteiger partial charge in [-0.05, 0) is 37.8 Å². The summed E-state index contributed by atoms with van der Waals surface area (Å²) in [5, 5.41) is 3.67. The Morgan fingerprint density at radius 2 is 2.32 bits per heavy atom. The zero-order valence-electron chi connectivity index (χ0n) is 10.8. The summed E-state index contributed by atoms with van der Waals surface area (Å²) in [6.07, 6.45) is 7.01. The number of rotatable bonds is 2. The molecular weight excluding hydrogens is 256 g/mol. The van der Waals surface area contributed by atoms with Crippen molar-refractivity contribution in [3.8, 4) is 0 Å². The van der Waals surface area contributed by atoms with E-state index in [0.717, 1.165) is 35.0 Å². The van der Waals surface area contributed by atoms with E-state index in [9.17, 15) is 4.79 Å². The Bertz CT molecular complexity index is 645. The van der Waals surface area contributed by atoms with Crippen LogP contribution in [0.2, 0.25) is 0 Å². The van der Waals surface area contributed by atoms with Gasteiger partial charge >= 0.3 is 0 Å². The second-order valence-corrected chi connectivity index (χ2v) is 5.94. The summed E-state index contributed by atoms with van der Waals surface area (Å²) in [4.78, 5) is 16.7. The first-order chi connectivity index (χ1) is 9.24. The topological polar surface area (TPSA) is 42.0 Å². The second-order valence-electron chi connectivity index (χ2n) is 4.91. The van der Waals surface area contributed by atoms with Gasteiger partial charge < -0.3 is 5.32 Å². The molecule has 0 radical (unpaired) electrons. The predicted molar refractivity (Wildman–Crippen MR) is 79.5 cm³/mol. The molecule has 0 unspecified atom stereocenters. The Labute approximate surface area is 116 Å². The standard InChI is InChI=1S/C15H16N2OS/c1-10-6-5-9-12-13(10)16-15(19-12)17-14(18)11-7-3-2-4-8-11/h2-3,5-6,9,11H,4,7-8H2,1H3,(H,16,17,18)/t11-/m1/s1. The summed E-state index contributed by atoms with van der Waals surface area (Å²) in [6, 6.07) is 6.10. The molecular formula is C15H16N2OS. The van der Waals surface area contributed by atoms with Crippen molar-refractivity contribution in [3.63, 3.8) is 0 Å². The molecule has 1 N–H and O–H groups in total. The molecule has 0 fully saturated rings. The van der Waals surface area contributed by atoms with Gasteiger partial charge in [0.05, 0.1) is 10.2 Å². The van der Waals surface area contributed by atoms with Gasteiger partial charge in [0.1, 0.15) is 0 Å². The molecule has 0 saturated heterocycles. The molecule has 1 atom stereocenters. The molecule has 1 amide bonds. The summed E-state index contributed by atoms with van der Waals surface area (Å²) >= 11 is 1.54. The second kappa shape index (κ2) is 5.13. The molecule has 4 heteroatoms. The van der Waals surface area contributed by atoms with Crippen molar-refractivity contribution in [1.82, 2.24) is 4.98 Å². The third-order valence-electron chi connectivity index (χ3n) is 3.49. The van der Waals surface area contributed by atoms with E-state index in [-0.39, 0.29) is 11.8 Å². The highest BCUT2D eigenvalue weighted by Gasteiger charge is 2.19. The highest BCUT2D eigenvalue weighted by Crippen LogP contribution is 2.29. The zero-order valence-corrected chi connectivity index (χ0v) is 11.7. The molecule has 2 aromatic rings. The number of carbonyl (C=O) groups is 1. The average Bonchev–Trinajstić information content (AvgIpc) is 2.84. The first-order valence-electron chi connectivity index (χ1n) is 6.56. The number of thiazole rings is 1. The first kappa shape index (κ1) is 12.4. The van der Waals surface area contributed by atoms with Crippen molar-refractivity contribution >= 4 is 32.6 Å². The van der Waals surface area contributed by atoms with Crippen LogP contribution >= 0.6 is 11.3 Å². The summed E-state index contributed by atoms with van der Waals surface area (Å²) < 4.78 is 1.12. The molecule has 19 heavy (non-hydrogen) atoms. The maximum Gasteiger partial charge on any atom is 0.229 e. The van der Waals surface area contributed by atoms with Gasteiger partial charge in [0.15, 0.2) is 5.13 Å². The highest BCUT2D eigenvalue weighted by molar-refractivity contribution is 7.22. The zero-order chi connectivity index (χ0) is 13.2. The molecule has 3 nitrogen and oxygen atoms in total. The van der Waals surface area contributed by atoms with Gasteiger partial charge in [-0.1, -0.05) is 35.6 Å². The monoisotopic (exact) mass is 272 g/mol. The molecule has 1 aromatic carbocycles. The van der Waals surface area contributed by atoms with Crippen molar-refractivity contribution in [1.29, 1.82) is 0 Å². The van der Waals surface area contributed by atoms with Gasteiger partial charge in [-0.25, -0.2) is 4.98 Å². The van der Waals surface area contributed by atoms with Crippen LogP contribution in [0.5, 0.6) is 0 Å². The van der Waals surface area contributed by atoms with Crippen LogP contribution in [0.15, 0.2) is 30.4 Å². The van der Waals surface area contributed by atoms with Crippen LogP contribution in [0.4, 0.5) is 5.13 Å². The largest absolute Gasteiger partial charge is 0.302 e. The molecule has 98 valence electrons. The van der Waals surface area contributed by atoms with Crippen molar-refractivity contribution in [2.24, 2.45) is 5.92 Å². The lowest BCUT2D eigenvalue weighted by molar-refractivity contribution is -0.120. The van der Waals surface area contributed by atoms with Gasteiger partial charge in [0, 0.05) is 5.92 Å². The maximum absolute atomic E-state index is 12.2. The number of anilines is 1. The molecule has 0 saturated carbocycles. The van der Waals surface area contributed by atoms with Gasteiger partial charge in [0.25, 0.3) is 0 Å². The summed E-state index contributed by atoms with van der Waals surface area (Å²) in [6.45, 7) is 2.04. The molecule has 0 spiro atoms. The maximum atomic E-state index is 12.2. The van der Waals surface area contributed by atoms with Crippen molar-refractivity contribution in [3.05, 3.63) is 35.9 Å². The number of allylic oxidation sites excluding steroid dienone is 2. The minimum absolute atomic E-state index is 0.0955. The fraction of sp³-hybridized carbons (Fsp3) is 0.333. The van der Waals surface area contributed by atoms with Gasteiger partial charge in [-0.15, -0.1) is 0 Å². The van der Waals surface area contributed by atoms with Gasteiger partial charge in [-0.3, -0.25) is 4.79 Å². The van der Waals surface area contributed by atoms with Crippen molar-refractivity contribution in [2.75, 3.05) is 5.32 Å². The van der Waals surface area contributed by atoms with Crippen LogP contribution in [0.25, 0.3) is 10.2 Å². The molecule has 1 aliphatic carbocycles. The number of carbonyl (C=O) groups excluding carboxylic acids is 1. The SMILES string of the molecule is Cc1cccc2sc(NC(=O)[C@@H]3CC=CCC3)nc12. The Morgan fingerprint density at radius 1 is 1.42 bits per heavy atom. The van der Waals surface area contributed by atoms with Gasteiger partial charge in [0.2, 0.25) is 5.91 Å². The van der Waals surface area contributed by atoms with Crippen LogP contribution in [0.3, 0.4) is 0 Å². The minimum atomic E-state index is 0.0955. The number of amides is 1. The lowest BCUT2D eigenvalue weighted by Gasteiger charge is -2.15. The van der Waals surface area contributed by atoms with E-state index in [1.54, 1.807) is 11.3 Å². The quantitative estimate of drug-likeness (QED) is 0.842. The molecule has 1 aliphatic rings. The van der Waals surface area contributed by atoms with E-state index >= 15 is 0 Å². The van der Waals surface area contributed by atoms with Crippen molar-refractivity contribution < 1.29 is 4.79 Å². The molecule has 3 rings (SSSR count). The third-order valence-corrected chi connectivity index (χ3v) is 4.43. The summed E-state index contributed by atoms with van der Waals surface area (Å²) in [5.41, 5.74) is 2.14. The van der Waals surface area contributed by atoms with Crippen molar-refractivity contribution in [2.45, 2.75) is 26.2 Å². The fourth-order valence-corrected chi connectivity index (χ4v) is 3.33. The van der Waals surface area contributed by atoms with E-state index < -0.39 is 0 Å². The number of nitrogens with one attached hydrogen (secondary N) is 1. The first-order valence-corrected chi connectivity index (χ1v) is 7.38. The van der Waals surface area contributed by atoms with Gasteiger partial charge in [-0.2, -0.15) is 0 Å². The normalized spacial score (nSPS) is 18.7. The predicted octanol–water partition coefficient (Wildman–Crippen LogP) is 3.90. The van der Waals surface area contributed by atoms with Crippen LogP contribution < -0.4 is 5.32 Å². The third kappa shape index (κ3) is 2.54. The Hall–Kier alpha value is -1.68. The van der Waals surface area contributed by atoms with E-state index in [0.29, 0.717) is 5.13 Å². The van der Waals surface area contributed by atoms with E-state index in [1.807, 2.05) is 25.1 Å². The molecule has 1 heterocycles. The van der Waals surface area contributed by atoms with E-state index in [1.165, 1.54) is 0 Å². The number of benzene rings is 1.